The van der Waals surface area contributed by atoms with Gasteiger partial charge in [0.05, 0.1) is 19.2 Å². The average Bonchev–Trinajstić information content (AvgIpc) is 2.87. The normalized spacial score (nSPS) is 12.1. The van der Waals surface area contributed by atoms with Crippen molar-refractivity contribution in [2.75, 3.05) is 13.7 Å². The van der Waals surface area contributed by atoms with Gasteiger partial charge in [-0.15, -0.1) is 0 Å². The molecule has 2 rings (SSSR count). The lowest BCUT2D eigenvalue weighted by Crippen LogP contribution is -2.37. The molecule has 1 heterocycles. The van der Waals surface area contributed by atoms with Crippen LogP contribution in [0.3, 0.4) is 0 Å². The zero-order chi connectivity index (χ0) is 13.8. The molecule has 19 heavy (non-hydrogen) atoms. The third kappa shape index (κ3) is 2.74. The van der Waals surface area contributed by atoms with Crippen molar-refractivity contribution < 1.29 is 23.8 Å². The van der Waals surface area contributed by atoms with Gasteiger partial charge in [-0.05, 0) is 6.07 Å². The number of carbonyl (C=O) groups excluding carboxylic acids is 2. The van der Waals surface area contributed by atoms with Gasteiger partial charge < -0.3 is 19.6 Å². The van der Waals surface area contributed by atoms with Gasteiger partial charge in [0.25, 0.3) is 5.91 Å². The van der Waals surface area contributed by atoms with Gasteiger partial charge in [0, 0.05) is 5.39 Å². The van der Waals surface area contributed by atoms with Crippen LogP contribution in [0.4, 0.5) is 0 Å². The number of aliphatic hydroxyl groups excluding tert-OH is 1. The summed E-state index contributed by atoms with van der Waals surface area (Å²) in [5.41, 5.74) is 0.953. The first kappa shape index (κ1) is 13.1. The van der Waals surface area contributed by atoms with Crippen LogP contribution in [0.2, 0.25) is 0 Å². The van der Waals surface area contributed by atoms with Gasteiger partial charge in [0.2, 0.25) is 0 Å². The van der Waals surface area contributed by atoms with Crippen molar-refractivity contribution in [1.29, 1.82) is 0 Å². The molecule has 0 fully saturated rings. The van der Waals surface area contributed by atoms with E-state index in [1.165, 1.54) is 6.26 Å². The predicted octanol–water partition coefficient (Wildman–Crippen LogP) is 0.696. The van der Waals surface area contributed by atoms with Gasteiger partial charge in [-0.2, -0.15) is 0 Å². The number of ether oxygens (including phenoxy) is 1. The zero-order valence-corrected chi connectivity index (χ0v) is 10.3. The number of hydrogen-bond acceptors (Lipinski definition) is 5. The van der Waals surface area contributed by atoms with Crippen molar-refractivity contribution in [2.45, 2.75) is 6.10 Å². The molecule has 6 heteroatoms. The molecule has 1 amide bonds. The Kier molecular flexibility index (Phi) is 3.82. The van der Waals surface area contributed by atoms with Crippen LogP contribution in [0.1, 0.15) is 10.4 Å². The number of carbonyl (C=O) groups is 2. The standard InChI is InChI=1S/C13H13NO5/c1-18-13(17)10(15)6-14-12(16)9-7-19-11-5-3-2-4-8(9)11/h2-5,7,10,15H,6H2,1H3,(H,14,16). The largest absolute Gasteiger partial charge is 0.467 e. The highest BCUT2D eigenvalue weighted by Gasteiger charge is 2.18. The van der Waals surface area contributed by atoms with Crippen LogP contribution in [-0.2, 0) is 9.53 Å². The van der Waals surface area contributed by atoms with E-state index in [2.05, 4.69) is 10.1 Å². The number of para-hydroxylation sites is 1. The summed E-state index contributed by atoms with van der Waals surface area (Å²) >= 11 is 0. The lowest BCUT2D eigenvalue weighted by atomic mass is 10.1. The van der Waals surface area contributed by atoms with Crippen LogP contribution in [0.5, 0.6) is 0 Å². The number of methoxy groups -OCH3 is 1. The van der Waals surface area contributed by atoms with E-state index in [9.17, 15) is 14.7 Å². The third-order valence-corrected chi connectivity index (χ3v) is 2.65. The first-order chi connectivity index (χ1) is 9.13. The Bertz CT molecular complexity index is 604. The summed E-state index contributed by atoms with van der Waals surface area (Å²) in [6.45, 7) is -0.217. The van der Waals surface area contributed by atoms with E-state index in [0.717, 1.165) is 7.11 Å². The Morgan fingerprint density at radius 2 is 2.16 bits per heavy atom. The van der Waals surface area contributed by atoms with Crippen LogP contribution >= 0.6 is 0 Å². The van der Waals surface area contributed by atoms with Crippen molar-refractivity contribution >= 4 is 22.8 Å². The second kappa shape index (κ2) is 5.53. The fourth-order valence-electron chi connectivity index (χ4n) is 1.66. The molecule has 1 aromatic carbocycles. The molecule has 0 aliphatic carbocycles. The smallest absolute Gasteiger partial charge is 0.336 e. The van der Waals surface area contributed by atoms with Crippen molar-refractivity contribution in [3.05, 3.63) is 36.1 Å². The number of furan rings is 1. The van der Waals surface area contributed by atoms with E-state index in [1.54, 1.807) is 24.3 Å². The summed E-state index contributed by atoms with van der Waals surface area (Å²) < 4.78 is 9.58. The van der Waals surface area contributed by atoms with E-state index in [-0.39, 0.29) is 6.54 Å². The van der Waals surface area contributed by atoms with Gasteiger partial charge in [-0.3, -0.25) is 4.79 Å². The van der Waals surface area contributed by atoms with Crippen LogP contribution in [0, 0.1) is 0 Å². The van der Waals surface area contributed by atoms with E-state index < -0.39 is 18.0 Å². The Labute approximate surface area is 109 Å². The van der Waals surface area contributed by atoms with Crippen molar-refractivity contribution in [3.63, 3.8) is 0 Å². The van der Waals surface area contributed by atoms with Crippen LogP contribution < -0.4 is 5.32 Å². The quantitative estimate of drug-likeness (QED) is 0.792. The van der Waals surface area contributed by atoms with Gasteiger partial charge in [-0.1, -0.05) is 18.2 Å². The summed E-state index contributed by atoms with van der Waals surface area (Å²) in [5, 5.41) is 12.5. The van der Waals surface area contributed by atoms with Gasteiger partial charge in [-0.25, -0.2) is 4.79 Å². The first-order valence-electron chi connectivity index (χ1n) is 5.64. The van der Waals surface area contributed by atoms with Crippen LogP contribution in [0.15, 0.2) is 34.9 Å². The molecule has 0 saturated carbocycles. The fraction of sp³-hybridized carbons (Fsp3) is 0.231. The van der Waals surface area contributed by atoms with Gasteiger partial charge >= 0.3 is 5.97 Å². The predicted molar refractivity (Wildman–Crippen MR) is 66.6 cm³/mol. The Morgan fingerprint density at radius 1 is 1.42 bits per heavy atom. The minimum atomic E-state index is -1.38. The van der Waals surface area contributed by atoms with Crippen molar-refractivity contribution in [3.8, 4) is 0 Å². The highest BCUT2D eigenvalue weighted by molar-refractivity contribution is 6.05. The number of fused-ring (bicyclic) bond motifs is 1. The molecular weight excluding hydrogens is 250 g/mol. The maximum absolute atomic E-state index is 11.9. The summed E-state index contributed by atoms with van der Waals surface area (Å²) in [6, 6.07) is 7.09. The molecule has 0 radical (unpaired) electrons. The first-order valence-corrected chi connectivity index (χ1v) is 5.64. The highest BCUT2D eigenvalue weighted by Crippen LogP contribution is 2.20. The molecule has 2 aromatic rings. The molecule has 0 saturated heterocycles. The number of benzene rings is 1. The molecule has 0 aliphatic heterocycles. The summed E-state index contributed by atoms with van der Waals surface area (Å²) in [5.74, 6) is -1.22. The molecule has 1 unspecified atom stereocenters. The van der Waals surface area contributed by atoms with E-state index in [0.29, 0.717) is 16.5 Å². The van der Waals surface area contributed by atoms with Gasteiger partial charge in [0.15, 0.2) is 6.10 Å². The molecule has 0 bridgehead atoms. The molecular formula is C13H13NO5. The van der Waals surface area contributed by atoms with Crippen molar-refractivity contribution in [1.82, 2.24) is 5.32 Å². The SMILES string of the molecule is COC(=O)C(O)CNC(=O)c1coc2ccccc12. The molecule has 0 spiro atoms. The average molecular weight is 263 g/mol. The maximum Gasteiger partial charge on any atom is 0.336 e. The molecule has 0 aliphatic rings. The molecule has 2 N–H and O–H groups in total. The zero-order valence-electron chi connectivity index (χ0n) is 10.3. The van der Waals surface area contributed by atoms with Crippen LogP contribution in [-0.4, -0.2) is 36.7 Å². The van der Waals surface area contributed by atoms with E-state index >= 15 is 0 Å². The number of esters is 1. The van der Waals surface area contributed by atoms with Crippen LogP contribution in [0.25, 0.3) is 11.0 Å². The number of rotatable bonds is 4. The Balaban J connectivity index is 2.06. The molecule has 1 aromatic heterocycles. The lowest BCUT2D eigenvalue weighted by molar-refractivity contribution is -0.149. The Hall–Kier alpha value is -2.34. The number of hydrogen-bond donors (Lipinski definition) is 2. The second-order valence-corrected chi connectivity index (χ2v) is 3.89. The minimum absolute atomic E-state index is 0.217. The minimum Gasteiger partial charge on any atom is -0.467 e. The number of amides is 1. The van der Waals surface area contributed by atoms with E-state index in [1.807, 2.05) is 0 Å². The lowest BCUT2D eigenvalue weighted by Gasteiger charge is -2.08. The Morgan fingerprint density at radius 3 is 2.89 bits per heavy atom. The summed E-state index contributed by atoms with van der Waals surface area (Å²) in [7, 11) is 1.16. The topological polar surface area (TPSA) is 88.8 Å². The number of aliphatic hydroxyl groups is 1. The van der Waals surface area contributed by atoms with E-state index in [4.69, 9.17) is 4.42 Å². The summed E-state index contributed by atoms with van der Waals surface area (Å²) in [4.78, 5) is 22.9. The highest BCUT2D eigenvalue weighted by atomic mass is 16.5. The second-order valence-electron chi connectivity index (χ2n) is 3.89. The molecule has 100 valence electrons. The van der Waals surface area contributed by atoms with Gasteiger partial charge in [0.1, 0.15) is 11.8 Å². The third-order valence-electron chi connectivity index (χ3n) is 2.65. The summed E-state index contributed by atoms with van der Waals surface area (Å²) in [6.07, 6.45) is -0.0445. The molecule has 6 nitrogen and oxygen atoms in total. The fourth-order valence-corrected chi connectivity index (χ4v) is 1.66. The van der Waals surface area contributed by atoms with Crippen molar-refractivity contribution in [2.24, 2.45) is 0 Å². The maximum atomic E-state index is 11.9. The monoisotopic (exact) mass is 263 g/mol. The molecule has 1 atom stereocenters. The number of nitrogens with one attached hydrogen (secondary N) is 1.